The molecule has 16 heavy (non-hydrogen) atoms. The van der Waals surface area contributed by atoms with E-state index in [9.17, 15) is 5.11 Å². The Balaban J connectivity index is 1.94. The molecule has 0 aromatic carbocycles. The van der Waals surface area contributed by atoms with Crippen molar-refractivity contribution in [3.63, 3.8) is 0 Å². The lowest BCUT2D eigenvalue weighted by Gasteiger charge is -2.41. The zero-order valence-electron chi connectivity index (χ0n) is 9.93. The molecular formula is C12H19N3O. The molecule has 0 spiro atoms. The summed E-state index contributed by atoms with van der Waals surface area (Å²) in [6, 6.07) is 1.06. The fourth-order valence-electron chi connectivity index (χ4n) is 3.44. The van der Waals surface area contributed by atoms with Crippen LogP contribution in [0.15, 0.2) is 12.4 Å². The van der Waals surface area contributed by atoms with E-state index < -0.39 is 5.60 Å². The Morgan fingerprint density at radius 1 is 1.31 bits per heavy atom. The molecule has 2 aliphatic heterocycles. The summed E-state index contributed by atoms with van der Waals surface area (Å²) in [5.74, 6) is 0.831. The topological polar surface area (TPSA) is 41.3 Å². The molecule has 1 aromatic heterocycles. The average molecular weight is 221 g/mol. The predicted molar refractivity (Wildman–Crippen MR) is 60.9 cm³/mol. The summed E-state index contributed by atoms with van der Waals surface area (Å²) in [4.78, 5) is 6.76. The van der Waals surface area contributed by atoms with E-state index in [4.69, 9.17) is 0 Å². The minimum absolute atomic E-state index is 0.528. The van der Waals surface area contributed by atoms with E-state index in [0.717, 1.165) is 18.7 Å². The molecule has 1 aromatic rings. The van der Waals surface area contributed by atoms with Gasteiger partial charge >= 0.3 is 0 Å². The fourth-order valence-corrected chi connectivity index (χ4v) is 3.44. The van der Waals surface area contributed by atoms with Gasteiger partial charge in [0, 0.05) is 31.5 Å². The lowest BCUT2D eigenvalue weighted by molar-refractivity contribution is -0.0573. The van der Waals surface area contributed by atoms with E-state index in [2.05, 4.69) is 16.9 Å². The summed E-state index contributed by atoms with van der Waals surface area (Å²) >= 11 is 0. The van der Waals surface area contributed by atoms with Crippen molar-refractivity contribution in [3.8, 4) is 0 Å². The smallest absolute Gasteiger partial charge is 0.140 e. The van der Waals surface area contributed by atoms with Crippen molar-refractivity contribution in [1.29, 1.82) is 0 Å². The second-order valence-electron chi connectivity index (χ2n) is 5.35. The zero-order chi connectivity index (χ0) is 11.3. The highest BCUT2D eigenvalue weighted by Crippen LogP contribution is 2.44. The summed E-state index contributed by atoms with van der Waals surface area (Å²) in [7, 11) is 4.14. The molecule has 2 bridgehead atoms. The molecule has 1 N–H and O–H groups in total. The number of nitrogens with zero attached hydrogens (tertiary/aromatic N) is 3. The van der Waals surface area contributed by atoms with Crippen molar-refractivity contribution in [2.75, 3.05) is 7.05 Å². The predicted octanol–water partition coefficient (Wildman–Crippen LogP) is 0.864. The van der Waals surface area contributed by atoms with Crippen molar-refractivity contribution in [1.82, 2.24) is 14.5 Å². The molecule has 2 atom stereocenters. The first-order chi connectivity index (χ1) is 7.60. The largest absolute Gasteiger partial charge is 0.382 e. The van der Waals surface area contributed by atoms with Crippen molar-refractivity contribution in [3.05, 3.63) is 18.2 Å². The number of piperidine rings is 1. The molecule has 3 rings (SSSR count). The standard InChI is InChI=1S/C12H19N3O/c1-14-6-5-13-11(14)12(16)7-9-3-4-10(8-12)15(9)2/h5-6,9-10,16H,3-4,7-8H2,1-2H3. The van der Waals surface area contributed by atoms with Gasteiger partial charge in [0.1, 0.15) is 11.4 Å². The highest BCUT2D eigenvalue weighted by Gasteiger charge is 2.48. The third-order valence-electron chi connectivity index (χ3n) is 4.37. The Morgan fingerprint density at radius 3 is 2.44 bits per heavy atom. The Bertz CT molecular complexity index is 387. The van der Waals surface area contributed by atoms with Crippen LogP contribution in [0.25, 0.3) is 0 Å². The number of aromatic nitrogens is 2. The number of rotatable bonds is 1. The van der Waals surface area contributed by atoms with Crippen molar-refractivity contribution in [2.24, 2.45) is 7.05 Å². The van der Waals surface area contributed by atoms with Crippen LogP contribution >= 0.6 is 0 Å². The van der Waals surface area contributed by atoms with Crippen LogP contribution in [0.3, 0.4) is 0 Å². The van der Waals surface area contributed by atoms with Crippen molar-refractivity contribution < 1.29 is 5.11 Å². The van der Waals surface area contributed by atoms with Gasteiger partial charge in [0.2, 0.25) is 0 Å². The lowest BCUT2D eigenvalue weighted by atomic mass is 9.85. The average Bonchev–Trinajstić information content (AvgIpc) is 2.73. The Morgan fingerprint density at radius 2 is 1.94 bits per heavy atom. The van der Waals surface area contributed by atoms with E-state index in [1.54, 1.807) is 6.20 Å². The molecule has 4 heteroatoms. The van der Waals surface area contributed by atoms with Crippen LogP contribution in [0.2, 0.25) is 0 Å². The number of aliphatic hydroxyl groups is 1. The van der Waals surface area contributed by atoms with Gasteiger partial charge in [-0.2, -0.15) is 0 Å². The molecule has 2 fully saturated rings. The Hall–Kier alpha value is -0.870. The van der Waals surface area contributed by atoms with E-state index in [1.165, 1.54) is 12.8 Å². The molecule has 0 amide bonds. The minimum atomic E-state index is -0.712. The third kappa shape index (κ3) is 1.33. The van der Waals surface area contributed by atoms with Gasteiger partial charge < -0.3 is 14.6 Å². The SMILES string of the molecule is CN1C2CCC1CC(O)(c1nccn1C)C2. The molecule has 4 nitrogen and oxygen atoms in total. The normalized spacial score (nSPS) is 39.2. The number of fused-ring (bicyclic) bond motifs is 2. The van der Waals surface area contributed by atoms with Gasteiger partial charge in [-0.1, -0.05) is 0 Å². The number of hydrogen-bond acceptors (Lipinski definition) is 3. The summed E-state index contributed by atoms with van der Waals surface area (Å²) in [5, 5.41) is 10.8. The van der Waals surface area contributed by atoms with Crippen LogP contribution in [0.5, 0.6) is 0 Å². The van der Waals surface area contributed by atoms with Crippen LogP contribution < -0.4 is 0 Å². The van der Waals surface area contributed by atoms with Crippen LogP contribution in [0, 0.1) is 0 Å². The monoisotopic (exact) mass is 221 g/mol. The first-order valence-electron chi connectivity index (χ1n) is 6.02. The van der Waals surface area contributed by atoms with Crippen LogP contribution in [-0.4, -0.2) is 38.7 Å². The van der Waals surface area contributed by atoms with E-state index in [0.29, 0.717) is 12.1 Å². The van der Waals surface area contributed by atoms with Crippen LogP contribution in [-0.2, 0) is 12.6 Å². The molecule has 0 aliphatic carbocycles. The van der Waals surface area contributed by atoms with Crippen molar-refractivity contribution >= 4 is 0 Å². The number of hydrogen-bond donors (Lipinski definition) is 1. The summed E-state index contributed by atoms with van der Waals surface area (Å²) in [5.41, 5.74) is -0.712. The molecule has 0 saturated carbocycles. The van der Waals surface area contributed by atoms with Gasteiger partial charge in [-0.25, -0.2) is 4.98 Å². The lowest BCUT2D eigenvalue weighted by Crippen LogP contribution is -2.48. The molecule has 0 radical (unpaired) electrons. The number of imidazole rings is 1. The summed E-state index contributed by atoms with van der Waals surface area (Å²) in [6.07, 6.45) is 7.76. The Kier molecular flexibility index (Phi) is 2.13. The summed E-state index contributed by atoms with van der Waals surface area (Å²) < 4.78 is 1.95. The molecule has 2 aliphatic rings. The second kappa shape index (κ2) is 3.31. The molecule has 3 heterocycles. The van der Waals surface area contributed by atoms with E-state index in [1.807, 2.05) is 17.8 Å². The molecular weight excluding hydrogens is 202 g/mol. The van der Waals surface area contributed by atoms with Gasteiger partial charge in [0.25, 0.3) is 0 Å². The van der Waals surface area contributed by atoms with Gasteiger partial charge in [-0.15, -0.1) is 0 Å². The van der Waals surface area contributed by atoms with Gasteiger partial charge in [0.15, 0.2) is 0 Å². The highest BCUT2D eigenvalue weighted by molar-refractivity contribution is 5.11. The minimum Gasteiger partial charge on any atom is -0.382 e. The van der Waals surface area contributed by atoms with E-state index >= 15 is 0 Å². The summed E-state index contributed by atoms with van der Waals surface area (Å²) in [6.45, 7) is 0. The van der Waals surface area contributed by atoms with Crippen molar-refractivity contribution in [2.45, 2.75) is 43.4 Å². The first kappa shape index (κ1) is 10.3. The maximum absolute atomic E-state index is 10.8. The highest BCUT2D eigenvalue weighted by atomic mass is 16.3. The van der Waals surface area contributed by atoms with Crippen LogP contribution in [0.4, 0.5) is 0 Å². The molecule has 2 unspecified atom stereocenters. The van der Waals surface area contributed by atoms with E-state index in [-0.39, 0.29) is 0 Å². The van der Waals surface area contributed by atoms with Gasteiger partial charge in [-0.05, 0) is 32.7 Å². The number of aryl methyl sites for hydroxylation is 1. The fraction of sp³-hybridized carbons (Fsp3) is 0.750. The maximum Gasteiger partial charge on any atom is 0.140 e. The first-order valence-corrected chi connectivity index (χ1v) is 6.02. The molecule has 2 saturated heterocycles. The second-order valence-corrected chi connectivity index (χ2v) is 5.35. The Labute approximate surface area is 95.9 Å². The molecule has 88 valence electrons. The third-order valence-corrected chi connectivity index (χ3v) is 4.37. The quantitative estimate of drug-likeness (QED) is 0.765. The maximum atomic E-state index is 10.8. The van der Waals surface area contributed by atoms with Crippen LogP contribution in [0.1, 0.15) is 31.5 Å². The van der Waals surface area contributed by atoms with Gasteiger partial charge in [-0.3, -0.25) is 0 Å². The van der Waals surface area contributed by atoms with Gasteiger partial charge in [0.05, 0.1) is 0 Å². The zero-order valence-corrected chi connectivity index (χ0v) is 9.93.